The molecule has 2 N–H and O–H groups in total. The largest absolute Gasteiger partial charge is 0.416 e. The Hall–Kier alpha value is -1.63. The van der Waals surface area contributed by atoms with Gasteiger partial charge in [0.25, 0.3) is 5.91 Å². The molecule has 0 fully saturated rings. The van der Waals surface area contributed by atoms with Crippen LogP contribution in [0.1, 0.15) is 15.9 Å². The van der Waals surface area contributed by atoms with Gasteiger partial charge in [-0.2, -0.15) is 13.2 Å². The Morgan fingerprint density at radius 1 is 1.53 bits per heavy atom. The molecule has 1 atom stereocenters. The first-order chi connectivity index (χ1) is 7.80. The Morgan fingerprint density at radius 3 is 2.71 bits per heavy atom. The number of pyridine rings is 1. The summed E-state index contributed by atoms with van der Waals surface area (Å²) >= 11 is 0. The number of aliphatic hydroxyl groups is 1. The van der Waals surface area contributed by atoms with Crippen molar-refractivity contribution >= 4 is 5.91 Å². The third kappa shape index (κ3) is 4.03. The summed E-state index contributed by atoms with van der Waals surface area (Å²) in [6, 6.07) is 1.49. The molecule has 0 aromatic carbocycles. The molecule has 1 rings (SSSR count). The molecule has 0 aliphatic heterocycles. The number of aromatic nitrogens is 1. The zero-order valence-corrected chi connectivity index (χ0v) is 8.95. The third-order valence-corrected chi connectivity index (χ3v) is 1.97. The molecule has 17 heavy (non-hydrogen) atoms. The summed E-state index contributed by atoms with van der Waals surface area (Å²) in [4.78, 5) is 15.1. The number of nitrogens with one attached hydrogen (secondary N) is 1. The molecular formula is C10H11F3N2O2. The molecule has 1 aromatic heterocycles. The molecule has 0 saturated heterocycles. The Kier molecular flexibility index (Phi) is 4.06. The van der Waals surface area contributed by atoms with Gasteiger partial charge >= 0.3 is 6.18 Å². The SMILES string of the molecule is Cc1cncc(C(=O)NCC(O)C(F)(F)F)c1. The summed E-state index contributed by atoms with van der Waals surface area (Å²) in [5.41, 5.74) is 0.869. The van der Waals surface area contributed by atoms with Crippen molar-refractivity contribution in [2.24, 2.45) is 0 Å². The van der Waals surface area contributed by atoms with Crippen LogP contribution in [-0.2, 0) is 0 Å². The van der Waals surface area contributed by atoms with Crippen molar-refractivity contribution in [2.75, 3.05) is 6.54 Å². The molecule has 7 heteroatoms. The highest BCUT2D eigenvalue weighted by Crippen LogP contribution is 2.19. The highest BCUT2D eigenvalue weighted by Gasteiger charge is 2.38. The van der Waals surface area contributed by atoms with E-state index in [-0.39, 0.29) is 5.56 Å². The van der Waals surface area contributed by atoms with E-state index in [0.29, 0.717) is 5.56 Å². The molecule has 1 aromatic rings. The molecule has 0 saturated carbocycles. The number of amides is 1. The maximum Gasteiger partial charge on any atom is 0.416 e. The van der Waals surface area contributed by atoms with E-state index >= 15 is 0 Å². The zero-order chi connectivity index (χ0) is 13.1. The second-order valence-corrected chi connectivity index (χ2v) is 3.52. The molecule has 1 unspecified atom stereocenters. The van der Waals surface area contributed by atoms with Crippen LogP contribution in [-0.4, -0.2) is 34.8 Å². The van der Waals surface area contributed by atoms with E-state index in [4.69, 9.17) is 5.11 Å². The van der Waals surface area contributed by atoms with Crippen LogP contribution in [0.4, 0.5) is 13.2 Å². The van der Waals surface area contributed by atoms with Gasteiger partial charge in [0.2, 0.25) is 0 Å². The van der Waals surface area contributed by atoms with Gasteiger partial charge in [0.1, 0.15) is 0 Å². The minimum atomic E-state index is -4.74. The predicted molar refractivity (Wildman–Crippen MR) is 53.4 cm³/mol. The fraction of sp³-hybridized carbons (Fsp3) is 0.400. The molecule has 94 valence electrons. The van der Waals surface area contributed by atoms with E-state index in [1.807, 2.05) is 5.32 Å². The summed E-state index contributed by atoms with van der Waals surface area (Å²) in [6.45, 7) is 0.824. The lowest BCUT2D eigenvalue weighted by Crippen LogP contribution is -2.40. The average Bonchev–Trinajstić information content (AvgIpc) is 2.24. The summed E-state index contributed by atoms with van der Waals surface area (Å²) in [6.07, 6.45) is -4.55. The summed E-state index contributed by atoms with van der Waals surface area (Å²) in [5.74, 6) is -0.704. The van der Waals surface area contributed by atoms with Crippen LogP contribution in [0.25, 0.3) is 0 Å². The highest BCUT2D eigenvalue weighted by molar-refractivity contribution is 5.93. The molecule has 0 spiro atoms. The zero-order valence-electron chi connectivity index (χ0n) is 8.95. The molecule has 0 radical (unpaired) electrons. The van der Waals surface area contributed by atoms with E-state index in [2.05, 4.69) is 4.98 Å². The third-order valence-electron chi connectivity index (χ3n) is 1.97. The van der Waals surface area contributed by atoms with E-state index in [0.717, 1.165) is 0 Å². The van der Waals surface area contributed by atoms with Crippen molar-refractivity contribution in [3.05, 3.63) is 29.6 Å². The van der Waals surface area contributed by atoms with Crippen LogP contribution in [0.3, 0.4) is 0 Å². The fourth-order valence-corrected chi connectivity index (χ4v) is 1.09. The van der Waals surface area contributed by atoms with Crippen molar-refractivity contribution < 1.29 is 23.1 Å². The van der Waals surface area contributed by atoms with Crippen molar-refractivity contribution in [2.45, 2.75) is 19.2 Å². The van der Waals surface area contributed by atoms with Gasteiger partial charge < -0.3 is 10.4 Å². The first-order valence-corrected chi connectivity index (χ1v) is 4.75. The van der Waals surface area contributed by atoms with Gasteiger partial charge in [-0.25, -0.2) is 0 Å². The van der Waals surface area contributed by atoms with Crippen LogP contribution in [0.5, 0.6) is 0 Å². The van der Waals surface area contributed by atoms with Gasteiger partial charge in [0.15, 0.2) is 6.10 Å². The molecule has 4 nitrogen and oxygen atoms in total. The highest BCUT2D eigenvalue weighted by atomic mass is 19.4. The number of alkyl halides is 3. The van der Waals surface area contributed by atoms with Crippen molar-refractivity contribution in [1.29, 1.82) is 0 Å². The van der Waals surface area contributed by atoms with Crippen LogP contribution in [0.15, 0.2) is 18.5 Å². The maximum atomic E-state index is 12.0. The van der Waals surface area contributed by atoms with Crippen molar-refractivity contribution in [3.8, 4) is 0 Å². The Morgan fingerprint density at radius 2 is 2.18 bits per heavy atom. The number of hydrogen-bond acceptors (Lipinski definition) is 3. The minimum Gasteiger partial charge on any atom is -0.382 e. The summed E-state index contributed by atoms with van der Waals surface area (Å²) < 4.78 is 35.9. The second kappa shape index (κ2) is 5.13. The molecular weight excluding hydrogens is 237 g/mol. The lowest BCUT2D eigenvalue weighted by molar-refractivity contribution is -0.201. The molecule has 0 aliphatic carbocycles. The Labute approximate surface area is 95.5 Å². The van der Waals surface area contributed by atoms with Crippen molar-refractivity contribution in [3.63, 3.8) is 0 Å². The topological polar surface area (TPSA) is 62.2 Å². The van der Waals surface area contributed by atoms with Gasteiger partial charge in [-0.05, 0) is 18.6 Å². The number of rotatable bonds is 3. The quantitative estimate of drug-likeness (QED) is 0.840. The molecule has 1 amide bonds. The lowest BCUT2D eigenvalue weighted by Gasteiger charge is -2.14. The second-order valence-electron chi connectivity index (χ2n) is 3.52. The van der Waals surface area contributed by atoms with Crippen molar-refractivity contribution in [1.82, 2.24) is 10.3 Å². The minimum absolute atomic E-state index is 0.152. The molecule has 0 aliphatic rings. The van der Waals surface area contributed by atoms with Crippen LogP contribution in [0, 0.1) is 6.92 Å². The van der Waals surface area contributed by atoms with E-state index in [9.17, 15) is 18.0 Å². The summed E-state index contributed by atoms with van der Waals surface area (Å²) in [7, 11) is 0. The fourth-order valence-electron chi connectivity index (χ4n) is 1.09. The summed E-state index contributed by atoms with van der Waals surface area (Å²) in [5, 5.41) is 10.7. The van der Waals surface area contributed by atoms with E-state index < -0.39 is 24.7 Å². The molecule has 0 bridgehead atoms. The monoisotopic (exact) mass is 248 g/mol. The van der Waals surface area contributed by atoms with Crippen LogP contribution < -0.4 is 5.32 Å². The first kappa shape index (κ1) is 13.4. The van der Waals surface area contributed by atoms with Gasteiger partial charge in [-0.15, -0.1) is 0 Å². The number of halogens is 3. The van der Waals surface area contributed by atoms with Gasteiger partial charge in [0.05, 0.1) is 12.1 Å². The number of carbonyl (C=O) groups excluding carboxylic acids is 1. The standard InChI is InChI=1S/C10H11F3N2O2/c1-6-2-7(4-14-3-6)9(17)15-5-8(16)10(11,12)13/h2-4,8,16H,5H2,1H3,(H,15,17). The number of hydrogen-bond donors (Lipinski definition) is 2. The Bertz CT molecular complexity index is 407. The van der Waals surface area contributed by atoms with Gasteiger partial charge in [0, 0.05) is 12.4 Å². The van der Waals surface area contributed by atoms with Crippen LogP contribution >= 0.6 is 0 Å². The number of carbonyl (C=O) groups is 1. The van der Waals surface area contributed by atoms with E-state index in [1.165, 1.54) is 18.5 Å². The first-order valence-electron chi connectivity index (χ1n) is 4.75. The number of aliphatic hydroxyl groups excluding tert-OH is 1. The van der Waals surface area contributed by atoms with Gasteiger partial charge in [-0.1, -0.05) is 0 Å². The average molecular weight is 248 g/mol. The van der Waals surface area contributed by atoms with Crippen LogP contribution in [0.2, 0.25) is 0 Å². The lowest BCUT2D eigenvalue weighted by atomic mass is 10.2. The normalized spacial score (nSPS) is 13.2. The Balaban J connectivity index is 2.57. The van der Waals surface area contributed by atoms with Gasteiger partial charge in [-0.3, -0.25) is 9.78 Å². The smallest absolute Gasteiger partial charge is 0.382 e. The number of aryl methyl sites for hydroxylation is 1. The predicted octanol–water partition coefficient (Wildman–Crippen LogP) is 1.04. The van der Waals surface area contributed by atoms with E-state index in [1.54, 1.807) is 6.92 Å². The molecule has 1 heterocycles. The number of nitrogens with zero attached hydrogens (tertiary/aromatic N) is 1. The maximum absolute atomic E-state index is 12.0.